The van der Waals surface area contributed by atoms with E-state index in [1.807, 2.05) is 0 Å². The Bertz CT molecular complexity index is 757. The van der Waals surface area contributed by atoms with Crippen molar-refractivity contribution in [3.05, 3.63) is 46.3 Å². The molecule has 2 heterocycles. The minimum absolute atomic E-state index is 0.0651. The summed E-state index contributed by atoms with van der Waals surface area (Å²) in [5.41, 5.74) is -0.103. The van der Waals surface area contributed by atoms with Gasteiger partial charge in [-0.15, -0.1) is 0 Å². The summed E-state index contributed by atoms with van der Waals surface area (Å²) >= 11 is 1.07. The van der Waals surface area contributed by atoms with E-state index >= 15 is 0 Å². The molecule has 24 heavy (non-hydrogen) atoms. The standard InChI is InChI=1S/C15H17N3O5S/c1-9(11-4-3-5-23-11)16-13(20)8-24-15-17-10(6-12(19)18-15)7-14(21)22-2/h3-6,9H,7-8H2,1-2H3,(H,16,20)(H,17,18,19)/t9-/m1/s1. The van der Waals surface area contributed by atoms with Crippen molar-refractivity contribution in [2.45, 2.75) is 24.5 Å². The second kappa shape index (κ2) is 8.34. The molecule has 1 atom stereocenters. The van der Waals surface area contributed by atoms with Crippen LogP contribution in [0, 0.1) is 0 Å². The maximum absolute atomic E-state index is 11.9. The fourth-order valence-electron chi connectivity index (χ4n) is 1.89. The molecular weight excluding hydrogens is 334 g/mol. The van der Waals surface area contributed by atoms with Crippen LogP contribution in [0.15, 0.2) is 38.8 Å². The maximum Gasteiger partial charge on any atom is 0.311 e. The quantitative estimate of drug-likeness (QED) is 0.435. The molecule has 0 aliphatic rings. The molecule has 0 aliphatic heterocycles. The monoisotopic (exact) mass is 351 g/mol. The number of methoxy groups -OCH3 is 1. The van der Waals surface area contributed by atoms with Gasteiger partial charge in [0.2, 0.25) is 5.91 Å². The number of nitrogens with one attached hydrogen (secondary N) is 2. The van der Waals surface area contributed by atoms with Gasteiger partial charge in [-0.1, -0.05) is 11.8 Å². The number of carbonyl (C=O) groups excluding carboxylic acids is 2. The number of furan rings is 1. The number of carbonyl (C=O) groups is 2. The van der Waals surface area contributed by atoms with Crippen LogP contribution in [0.5, 0.6) is 0 Å². The largest absolute Gasteiger partial charge is 0.469 e. The van der Waals surface area contributed by atoms with E-state index in [0.717, 1.165) is 11.8 Å². The molecule has 0 saturated heterocycles. The van der Waals surface area contributed by atoms with E-state index in [-0.39, 0.29) is 35.0 Å². The molecule has 0 unspecified atom stereocenters. The number of aromatic nitrogens is 2. The second-order valence-corrected chi connectivity index (χ2v) is 5.85. The molecular formula is C15H17N3O5S. The first-order chi connectivity index (χ1) is 11.5. The lowest BCUT2D eigenvalue weighted by molar-refractivity contribution is -0.139. The summed E-state index contributed by atoms with van der Waals surface area (Å²) in [7, 11) is 1.26. The number of thioether (sulfide) groups is 1. The van der Waals surface area contributed by atoms with E-state index < -0.39 is 11.5 Å². The van der Waals surface area contributed by atoms with Crippen molar-refractivity contribution in [2.24, 2.45) is 0 Å². The van der Waals surface area contributed by atoms with Gasteiger partial charge in [0.15, 0.2) is 5.16 Å². The van der Waals surface area contributed by atoms with Gasteiger partial charge in [-0.05, 0) is 19.1 Å². The van der Waals surface area contributed by atoms with Crippen molar-refractivity contribution in [2.75, 3.05) is 12.9 Å². The van der Waals surface area contributed by atoms with Crippen LogP contribution in [-0.4, -0.2) is 34.7 Å². The van der Waals surface area contributed by atoms with Gasteiger partial charge in [0.25, 0.3) is 5.56 Å². The van der Waals surface area contributed by atoms with E-state index in [0.29, 0.717) is 5.76 Å². The van der Waals surface area contributed by atoms with E-state index in [4.69, 9.17) is 4.42 Å². The number of nitrogens with zero attached hydrogens (tertiary/aromatic N) is 1. The van der Waals surface area contributed by atoms with Crippen molar-refractivity contribution >= 4 is 23.6 Å². The molecule has 8 nitrogen and oxygen atoms in total. The Kier molecular flexibility index (Phi) is 6.19. The smallest absolute Gasteiger partial charge is 0.311 e. The molecule has 0 fully saturated rings. The van der Waals surface area contributed by atoms with Crippen molar-refractivity contribution in [3.63, 3.8) is 0 Å². The molecule has 2 aromatic rings. The van der Waals surface area contributed by atoms with Crippen LogP contribution in [0.4, 0.5) is 0 Å². The average molecular weight is 351 g/mol. The number of H-pyrrole nitrogens is 1. The van der Waals surface area contributed by atoms with Crippen molar-refractivity contribution in [3.8, 4) is 0 Å². The van der Waals surface area contributed by atoms with E-state index in [1.165, 1.54) is 19.4 Å². The molecule has 0 spiro atoms. The number of esters is 1. The van der Waals surface area contributed by atoms with Gasteiger partial charge in [0.05, 0.1) is 37.3 Å². The summed E-state index contributed by atoms with van der Waals surface area (Å²) in [5, 5.41) is 3.04. The van der Waals surface area contributed by atoms with Crippen LogP contribution < -0.4 is 10.9 Å². The minimum atomic E-state index is -0.492. The molecule has 9 heteroatoms. The topological polar surface area (TPSA) is 114 Å². The zero-order chi connectivity index (χ0) is 17.5. The van der Waals surface area contributed by atoms with Gasteiger partial charge in [-0.25, -0.2) is 4.98 Å². The predicted molar refractivity (Wildman–Crippen MR) is 86.6 cm³/mol. The Morgan fingerprint density at radius 1 is 1.50 bits per heavy atom. The first-order valence-electron chi connectivity index (χ1n) is 7.10. The predicted octanol–water partition coefficient (Wildman–Crippen LogP) is 1.05. The summed E-state index contributed by atoms with van der Waals surface area (Å²) in [6.45, 7) is 1.80. The van der Waals surface area contributed by atoms with Gasteiger partial charge in [0, 0.05) is 6.07 Å². The minimum Gasteiger partial charge on any atom is -0.469 e. The SMILES string of the molecule is COC(=O)Cc1cc(=O)[nH]c(SCC(=O)N[C@H](C)c2ccco2)n1. The van der Waals surface area contributed by atoms with Crippen molar-refractivity contribution < 1.29 is 18.7 Å². The van der Waals surface area contributed by atoms with Crippen molar-refractivity contribution in [1.82, 2.24) is 15.3 Å². The fraction of sp³-hybridized carbons (Fsp3) is 0.333. The molecule has 2 aromatic heterocycles. The summed E-state index contributed by atoms with van der Waals surface area (Å²) in [4.78, 5) is 41.4. The normalized spacial score (nSPS) is 11.8. The lowest BCUT2D eigenvalue weighted by atomic mass is 10.2. The van der Waals surface area contributed by atoms with E-state index in [1.54, 1.807) is 19.1 Å². The highest BCUT2D eigenvalue weighted by molar-refractivity contribution is 7.99. The van der Waals surface area contributed by atoms with Crippen LogP contribution in [-0.2, 0) is 20.7 Å². The number of amides is 1. The lowest BCUT2D eigenvalue weighted by Crippen LogP contribution is -2.28. The Morgan fingerprint density at radius 3 is 2.96 bits per heavy atom. The Labute approximate surface area is 142 Å². The summed E-state index contributed by atoms with van der Waals surface area (Å²) in [6.07, 6.45) is 1.43. The van der Waals surface area contributed by atoms with Crippen LogP contribution in [0.3, 0.4) is 0 Å². The van der Waals surface area contributed by atoms with E-state index in [9.17, 15) is 14.4 Å². The zero-order valence-corrected chi connectivity index (χ0v) is 14.0. The molecule has 2 N–H and O–H groups in total. The Balaban J connectivity index is 1.92. The molecule has 0 saturated carbocycles. The second-order valence-electron chi connectivity index (χ2n) is 4.89. The molecule has 0 aliphatic carbocycles. The summed E-state index contributed by atoms with van der Waals surface area (Å²) in [6, 6.07) is 4.48. The van der Waals surface area contributed by atoms with Crippen molar-refractivity contribution in [1.29, 1.82) is 0 Å². The van der Waals surface area contributed by atoms with Gasteiger partial charge in [0.1, 0.15) is 5.76 Å². The molecule has 0 aromatic carbocycles. The highest BCUT2D eigenvalue weighted by Gasteiger charge is 2.13. The average Bonchev–Trinajstić information content (AvgIpc) is 3.07. The van der Waals surface area contributed by atoms with Gasteiger partial charge < -0.3 is 19.5 Å². The van der Waals surface area contributed by atoms with Gasteiger partial charge in [-0.2, -0.15) is 0 Å². The molecule has 2 rings (SSSR count). The third-order valence-corrected chi connectivity index (χ3v) is 3.89. The third-order valence-electron chi connectivity index (χ3n) is 3.01. The van der Waals surface area contributed by atoms with Crippen LogP contribution in [0.1, 0.15) is 24.4 Å². The number of hydrogen-bond acceptors (Lipinski definition) is 7. The van der Waals surface area contributed by atoms with E-state index in [2.05, 4.69) is 20.0 Å². The Hall–Kier alpha value is -2.55. The zero-order valence-electron chi connectivity index (χ0n) is 13.2. The number of ether oxygens (including phenoxy) is 1. The lowest BCUT2D eigenvalue weighted by Gasteiger charge is -2.11. The molecule has 0 bridgehead atoms. The van der Waals surface area contributed by atoms with Gasteiger partial charge >= 0.3 is 5.97 Å². The highest BCUT2D eigenvalue weighted by atomic mass is 32.2. The first kappa shape index (κ1) is 17.8. The van der Waals surface area contributed by atoms with Crippen LogP contribution in [0.25, 0.3) is 0 Å². The summed E-state index contributed by atoms with van der Waals surface area (Å²) in [5.74, 6) is -0.00528. The van der Waals surface area contributed by atoms with Crippen LogP contribution in [0.2, 0.25) is 0 Å². The number of hydrogen-bond donors (Lipinski definition) is 2. The number of aromatic amines is 1. The third kappa shape index (κ3) is 5.27. The number of rotatable bonds is 7. The fourth-order valence-corrected chi connectivity index (χ4v) is 2.59. The maximum atomic E-state index is 11.9. The summed E-state index contributed by atoms with van der Waals surface area (Å²) < 4.78 is 9.75. The van der Waals surface area contributed by atoms with Crippen LogP contribution >= 0.6 is 11.8 Å². The highest BCUT2D eigenvalue weighted by Crippen LogP contribution is 2.14. The molecule has 1 amide bonds. The molecule has 128 valence electrons. The van der Waals surface area contributed by atoms with Gasteiger partial charge in [-0.3, -0.25) is 14.4 Å². The molecule has 0 radical (unpaired) electrons. The first-order valence-corrected chi connectivity index (χ1v) is 8.09. The Morgan fingerprint density at radius 2 is 2.29 bits per heavy atom.